The van der Waals surface area contributed by atoms with E-state index in [1.165, 1.54) is 30.5 Å². The Hall–Kier alpha value is -2.31. The minimum absolute atomic E-state index is 0.846. The molecule has 33 heavy (non-hydrogen) atoms. The van der Waals surface area contributed by atoms with Gasteiger partial charge in [0.2, 0.25) is 5.95 Å². The second-order valence-electron chi connectivity index (χ2n) is 9.42. The molecule has 1 saturated carbocycles. The second kappa shape index (κ2) is 12.2. The summed E-state index contributed by atoms with van der Waals surface area (Å²) in [6.07, 6.45) is 22.0. The maximum Gasteiger partial charge on any atom is 0.225 e. The minimum Gasteiger partial charge on any atom is -0.338 e. The summed E-state index contributed by atoms with van der Waals surface area (Å²) in [5, 5.41) is 0. The van der Waals surface area contributed by atoms with Gasteiger partial charge in [0.1, 0.15) is 0 Å². The zero-order chi connectivity index (χ0) is 22.9. The molecular formula is C27H40N6. The van der Waals surface area contributed by atoms with Crippen molar-refractivity contribution in [2.45, 2.75) is 51.5 Å². The fourth-order valence-electron chi connectivity index (χ4n) is 4.76. The fraction of sp³-hybridized carbons (Fsp3) is 0.593. The molecule has 0 radical (unpaired) electrons. The van der Waals surface area contributed by atoms with Gasteiger partial charge in [0, 0.05) is 77.2 Å². The predicted molar refractivity (Wildman–Crippen MR) is 138 cm³/mol. The number of fused-ring (bicyclic) bond motifs is 1. The molecule has 2 aliphatic heterocycles. The van der Waals surface area contributed by atoms with Gasteiger partial charge in [-0.05, 0) is 44.2 Å². The van der Waals surface area contributed by atoms with Crippen LogP contribution in [0.3, 0.4) is 0 Å². The first-order chi connectivity index (χ1) is 16.2. The molecule has 2 fully saturated rings. The number of piperazine rings is 1. The fourth-order valence-corrected chi connectivity index (χ4v) is 4.76. The molecule has 6 nitrogen and oxygen atoms in total. The lowest BCUT2D eigenvalue weighted by Crippen LogP contribution is -2.52. The number of aromatic nitrogens is 2. The van der Waals surface area contributed by atoms with Crippen LogP contribution < -0.4 is 4.90 Å². The van der Waals surface area contributed by atoms with E-state index in [4.69, 9.17) is 9.97 Å². The van der Waals surface area contributed by atoms with E-state index in [2.05, 4.69) is 50.2 Å². The van der Waals surface area contributed by atoms with Crippen LogP contribution in [0.2, 0.25) is 0 Å². The first-order valence-electron chi connectivity index (χ1n) is 12.7. The Bertz CT molecular complexity index is 875. The molecule has 1 saturated heterocycles. The number of aliphatic imine (C=N–C) groups is 1. The standard InChI is InChI=1S/C27H40N6/c1-23(28-2)10-7-5-3-4-6-8-15-31-16-13-24-22-29-27(30-26(24)14-17-31)33-20-18-32(19-21-33)25-11-9-12-25/h3-7,10,22,25H,8-9,11-21H2,1-2H3/b5-3-,6-4+,10-7-,28-23?. The van der Waals surface area contributed by atoms with Gasteiger partial charge in [-0.25, -0.2) is 9.97 Å². The first kappa shape index (κ1) is 23.8. The van der Waals surface area contributed by atoms with Crippen molar-refractivity contribution in [3.8, 4) is 0 Å². The van der Waals surface area contributed by atoms with Crippen molar-refractivity contribution in [3.05, 3.63) is 53.9 Å². The van der Waals surface area contributed by atoms with E-state index in [-0.39, 0.29) is 0 Å². The van der Waals surface area contributed by atoms with E-state index in [9.17, 15) is 0 Å². The quantitative estimate of drug-likeness (QED) is 0.448. The van der Waals surface area contributed by atoms with E-state index in [0.29, 0.717) is 0 Å². The highest BCUT2D eigenvalue weighted by atomic mass is 15.3. The van der Waals surface area contributed by atoms with E-state index in [1.54, 1.807) is 0 Å². The van der Waals surface area contributed by atoms with Gasteiger partial charge in [-0.15, -0.1) is 0 Å². The maximum atomic E-state index is 5.02. The van der Waals surface area contributed by atoms with Gasteiger partial charge < -0.3 is 9.80 Å². The summed E-state index contributed by atoms with van der Waals surface area (Å²) in [6.45, 7) is 9.71. The number of rotatable bonds is 8. The predicted octanol–water partition coefficient (Wildman–Crippen LogP) is 3.70. The van der Waals surface area contributed by atoms with Crippen molar-refractivity contribution in [1.82, 2.24) is 19.8 Å². The molecule has 0 atom stereocenters. The highest BCUT2D eigenvalue weighted by Gasteiger charge is 2.28. The minimum atomic E-state index is 0.846. The summed E-state index contributed by atoms with van der Waals surface area (Å²) in [6, 6.07) is 0.846. The zero-order valence-electron chi connectivity index (χ0n) is 20.5. The average molecular weight is 449 g/mol. The Balaban J connectivity index is 1.21. The van der Waals surface area contributed by atoms with Gasteiger partial charge in [-0.1, -0.05) is 36.8 Å². The summed E-state index contributed by atoms with van der Waals surface area (Å²) in [4.78, 5) is 21.5. The molecule has 4 rings (SSSR count). The third-order valence-electron chi connectivity index (χ3n) is 7.26. The molecule has 1 aromatic heterocycles. The number of hydrogen-bond donors (Lipinski definition) is 0. The summed E-state index contributed by atoms with van der Waals surface area (Å²) in [7, 11) is 1.81. The molecule has 1 aromatic rings. The number of hydrogen-bond acceptors (Lipinski definition) is 6. The molecule has 0 unspecified atom stereocenters. The van der Waals surface area contributed by atoms with Crippen molar-refractivity contribution in [3.63, 3.8) is 0 Å². The molecule has 0 spiro atoms. The van der Waals surface area contributed by atoms with Gasteiger partial charge in [0.25, 0.3) is 0 Å². The second-order valence-corrected chi connectivity index (χ2v) is 9.42. The highest BCUT2D eigenvalue weighted by Crippen LogP contribution is 2.26. The van der Waals surface area contributed by atoms with Crippen LogP contribution in [-0.2, 0) is 12.8 Å². The summed E-state index contributed by atoms with van der Waals surface area (Å²) in [5.74, 6) is 0.944. The topological polar surface area (TPSA) is 47.9 Å². The largest absolute Gasteiger partial charge is 0.338 e. The van der Waals surface area contributed by atoms with E-state index in [0.717, 1.165) is 82.8 Å². The van der Waals surface area contributed by atoms with E-state index < -0.39 is 0 Å². The lowest BCUT2D eigenvalue weighted by Gasteiger charge is -2.43. The van der Waals surface area contributed by atoms with Crippen LogP contribution in [0.25, 0.3) is 0 Å². The van der Waals surface area contributed by atoms with Crippen molar-refractivity contribution < 1.29 is 0 Å². The Labute approximate surface area is 199 Å². The van der Waals surface area contributed by atoms with Crippen LogP contribution in [-0.4, -0.2) is 84.4 Å². The molecular weight excluding hydrogens is 408 g/mol. The van der Waals surface area contributed by atoms with E-state index in [1.807, 2.05) is 26.1 Å². The van der Waals surface area contributed by atoms with E-state index >= 15 is 0 Å². The normalized spacial score (nSPS) is 21.8. The number of allylic oxidation sites excluding steroid dienone is 5. The van der Waals surface area contributed by atoms with Gasteiger partial charge >= 0.3 is 0 Å². The van der Waals surface area contributed by atoms with Crippen molar-refractivity contribution >= 4 is 11.7 Å². The van der Waals surface area contributed by atoms with Gasteiger partial charge in [-0.2, -0.15) is 0 Å². The Morgan fingerprint density at radius 2 is 1.82 bits per heavy atom. The molecule has 0 aromatic carbocycles. The van der Waals surface area contributed by atoms with Crippen LogP contribution in [0.15, 0.2) is 47.6 Å². The highest BCUT2D eigenvalue weighted by molar-refractivity contribution is 5.92. The molecule has 0 N–H and O–H groups in total. The van der Waals surface area contributed by atoms with Gasteiger partial charge in [-0.3, -0.25) is 9.89 Å². The van der Waals surface area contributed by atoms with Crippen LogP contribution in [0.4, 0.5) is 5.95 Å². The third-order valence-corrected chi connectivity index (χ3v) is 7.26. The SMILES string of the molecule is CN=C(C)\C=C/C=C\C=C\CCN1CCc2cnc(N3CCN(C4CCC4)CC3)nc2CC1. The zero-order valence-corrected chi connectivity index (χ0v) is 20.5. The van der Waals surface area contributed by atoms with Crippen molar-refractivity contribution in [2.24, 2.45) is 4.99 Å². The van der Waals surface area contributed by atoms with Gasteiger partial charge in [0.15, 0.2) is 0 Å². The summed E-state index contributed by atoms with van der Waals surface area (Å²) < 4.78 is 0. The third kappa shape index (κ3) is 6.84. The average Bonchev–Trinajstić information content (AvgIpc) is 3.02. The van der Waals surface area contributed by atoms with Crippen molar-refractivity contribution in [2.75, 3.05) is 57.8 Å². The lowest BCUT2D eigenvalue weighted by molar-refractivity contribution is 0.120. The molecule has 1 aliphatic carbocycles. The summed E-state index contributed by atoms with van der Waals surface area (Å²) in [5.41, 5.74) is 3.64. The van der Waals surface area contributed by atoms with Crippen LogP contribution in [0.1, 0.15) is 43.9 Å². The molecule has 3 heterocycles. The molecule has 178 valence electrons. The molecule has 6 heteroatoms. The number of nitrogens with zero attached hydrogens (tertiary/aromatic N) is 6. The van der Waals surface area contributed by atoms with Gasteiger partial charge in [0.05, 0.1) is 5.69 Å². The maximum absolute atomic E-state index is 5.02. The molecule has 0 bridgehead atoms. The van der Waals surface area contributed by atoms with Crippen LogP contribution in [0.5, 0.6) is 0 Å². The Kier molecular flexibility index (Phi) is 8.84. The summed E-state index contributed by atoms with van der Waals surface area (Å²) >= 11 is 0. The van der Waals surface area contributed by atoms with Crippen LogP contribution in [0, 0.1) is 0 Å². The monoisotopic (exact) mass is 448 g/mol. The van der Waals surface area contributed by atoms with Crippen LogP contribution >= 0.6 is 0 Å². The molecule has 3 aliphatic rings. The smallest absolute Gasteiger partial charge is 0.225 e. The Morgan fingerprint density at radius 1 is 1.03 bits per heavy atom. The molecule has 0 amide bonds. The van der Waals surface area contributed by atoms with Crippen molar-refractivity contribution in [1.29, 1.82) is 0 Å². The first-order valence-corrected chi connectivity index (χ1v) is 12.7. The lowest BCUT2D eigenvalue weighted by atomic mass is 9.91. The Morgan fingerprint density at radius 3 is 2.58 bits per heavy atom. The number of anilines is 1.